The summed E-state index contributed by atoms with van der Waals surface area (Å²) in [7, 11) is 0. The lowest BCUT2D eigenvalue weighted by Gasteiger charge is -2.25. The lowest BCUT2D eigenvalue weighted by Crippen LogP contribution is -2.20. The van der Waals surface area contributed by atoms with E-state index in [0.29, 0.717) is 23.3 Å². The zero-order valence-electron chi connectivity index (χ0n) is 21.2. The number of aldehydes is 1. The number of fused-ring (bicyclic) bond motifs is 1. The summed E-state index contributed by atoms with van der Waals surface area (Å²) in [6.45, 7) is 5.30. The van der Waals surface area contributed by atoms with Crippen molar-refractivity contribution < 1.29 is 24.2 Å². The fraction of sp³-hybridized carbons (Fsp3) is 0.156. The Labute approximate surface area is 217 Å². The SMILES string of the molecule is CC(=O)c1cc(C)ccc1O.Cc1ccc2c(c1)C(=O)CC(c1ccccc1)O2.O=Cc1ccccc1. The summed E-state index contributed by atoms with van der Waals surface area (Å²) in [5.74, 6) is 0.814. The molecule has 1 unspecified atom stereocenters. The summed E-state index contributed by atoms with van der Waals surface area (Å²) in [4.78, 5) is 33.0. The van der Waals surface area contributed by atoms with Crippen LogP contribution < -0.4 is 4.74 Å². The van der Waals surface area contributed by atoms with E-state index in [-0.39, 0.29) is 23.4 Å². The molecule has 0 aromatic heterocycles. The standard InChI is InChI=1S/C16H14O2.C9H10O2.C7H6O/c1-11-7-8-15-13(9-11)14(17)10-16(18-15)12-5-3-2-4-6-12;1-6-3-4-9(11)8(5-6)7(2)10;8-6-7-4-2-1-3-5-7/h2-9,16H,10H2,1H3;3-5,11H,1-2H3;1-6H. The van der Waals surface area contributed by atoms with Crippen LogP contribution >= 0.6 is 0 Å². The van der Waals surface area contributed by atoms with Gasteiger partial charge < -0.3 is 9.84 Å². The van der Waals surface area contributed by atoms with Gasteiger partial charge >= 0.3 is 0 Å². The van der Waals surface area contributed by atoms with Gasteiger partial charge in [-0.05, 0) is 50.6 Å². The van der Waals surface area contributed by atoms with E-state index in [1.807, 2.05) is 80.6 Å². The molecule has 1 N–H and O–H groups in total. The second-order valence-corrected chi connectivity index (χ2v) is 8.75. The number of phenolic OH excluding ortho intramolecular Hbond substituents is 1. The van der Waals surface area contributed by atoms with Gasteiger partial charge in [-0.3, -0.25) is 14.4 Å². The smallest absolute Gasteiger partial charge is 0.170 e. The second-order valence-electron chi connectivity index (χ2n) is 8.75. The summed E-state index contributed by atoms with van der Waals surface area (Å²) in [6.07, 6.45) is 1.09. The lowest BCUT2D eigenvalue weighted by atomic mass is 9.95. The molecule has 0 bridgehead atoms. The average molecular weight is 495 g/mol. The number of aryl methyl sites for hydroxylation is 2. The Morgan fingerprint density at radius 3 is 2.03 bits per heavy atom. The van der Waals surface area contributed by atoms with Crippen LogP contribution in [0.3, 0.4) is 0 Å². The van der Waals surface area contributed by atoms with Crippen LogP contribution in [0.4, 0.5) is 0 Å². The van der Waals surface area contributed by atoms with Gasteiger partial charge in [0.05, 0.1) is 17.5 Å². The maximum absolute atomic E-state index is 12.1. The van der Waals surface area contributed by atoms with Crippen molar-refractivity contribution in [1.29, 1.82) is 0 Å². The van der Waals surface area contributed by atoms with Crippen LogP contribution in [0.25, 0.3) is 0 Å². The number of benzene rings is 4. The van der Waals surface area contributed by atoms with Crippen molar-refractivity contribution in [3.63, 3.8) is 0 Å². The number of ketones is 2. The van der Waals surface area contributed by atoms with Gasteiger partial charge in [0, 0.05) is 5.56 Å². The van der Waals surface area contributed by atoms with Crippen molar-refractivity contribution in [3.8, 4) is 11.5 Å². The summed E-state index contributed by atoms with van der Waals surface area (Å²) in [5, 5.41) is 9.18. The summed E-state index contributed by atoms with van der Waals surface area (Å²) in [5.41, 5.74) is 4.95. The molecule has 5 nitrogen and oxygen atoms in total. The minimum Gasteiger partial charge on any atom is -0.507 e. The molecule has 0 radical (unpaired) electrons. The number of ether oxygens (including phenoxy) is 1. The predicted molar refractivity (Wildman–Crippen MR) is 145 cm³/mol. The minimum absolute atomic E-state index is 0.0584. The van der Waals surface area contributed by atoms with Crippen LogP contribution in [0.15, 0.2) is 97.1 Å². The number of rotatable bonds is 3. The Bertz CT molecular complexity index is 1360. The maximum atomic E-state index is 12.1. The third-order valence-electron chi connectivity index (χ3n) is 5.71. The fourth-order valence-electron chi connectivity index (χ4n) is 3.75. The van der Waals surface area contributed by atoms with Crippen LogP contribution in [0.1, 0.15) is 67.2 Å². The molecule has 4 aromatic carbocycles. The van der Waals surface area contributed by atoms with Crippen LogP contribution in [-0.4, -0.2) is 23.0 Å². The first-order valence-electron chi connectivity index (χ1n) is 11.9. The van der Waals surface area contributed by atoms with E-state index in [1.165, 1.54) is 13.0 Å². The van der Waals surface area contributed by atoms with Crippen molar-refractivity contribution in [2.45, 2.75) is 33.3 Å². The molecule has 0 fully saturated rings. The highest BCUT2D eigenvalue weighted by Gasteiger charge is 2.27. The van der Waals surface area contributed by atoms with E-state index >= 15 is 0 Å². The number of phenols is 1. The quantitative estimate of drug-likeness (QED) is 0.243. The van der Waals surface area contributed by atoms with Gasteiger partial charge in [0.1, 0.15) is 23.9 Å². The monoisotopic (exact) mass is 494 g/mol. The Balaban J connectivity index is 0.000000171. The second kappa shape index (κ2) is 13.0. The largest absolute Gasteiger partial charge is 0.507 e. The van der Waals surface area contributed by atoms with Crippen molar-refractivity contribution in [3.05, 3.63) is 130 Å². The van der Waals surface area contributed by atoms with E-state index in [2.05, 4.69) is 0 Å². The highest BCUT2D eigenvalue weighted by atomic mass is 16.5. The normalized spacial score (nSPS) is 13.5. The van der Waals surface area contributed by atoms with E-state index < -0.39 is 0 Å². The Kier molecular flexibility index (Phi) is 9.50. The minimum atomic E-state index is -0.158. The van der Waals surface area contributed by atoms with Gasteiger partial charge in [0.25, 0.3) is 0 Å². The molecule has 37 heavy (non-hydrogen) atoms. The van der Waals surface area contributed by atoms with E-state index in [0.717, 1.165) is 28.5 Å². The van der Waals surface area contributed by atoms with Gasteiger partial charge in [-0.2, -0.15) is 0 Å². The zero-order valence-corrected chi connectivity index (χ0v) is 21.2. The number of aromatic hydroxyl groups is 1. The van der Waals surface area contributed by atoms with Crippen LogP contribution in [-0.2, 0) is 0 Å². The fourth-order valence-corrected chi connectivity index (χ4v) is 3.75. The molecule has 0 spiro atoms. The van der Waals surface area contributed by atoms with Crippen LogP contribution in [0, 0.1) is 13.8 Å². The summed E-state index contributed by atoms with van der Waals surface area (Å²) < 4.78 is 5.92. The predicted octanol–water partition coefficient (Wildman–Crippen LogP) is 7.10. The molecule has 4 aromatic rings. The molecule has 0 saturated heterocycles. The molecule has 5 heteroatoms. The van der Waals surface area contributed by atoms with Gasteiger partial charge in [0.2, 0.25) is 0 Å². The number of carbonyl (C=O) groups excluding carboxylic acids is 3. The molecule has 1 atom stereocenters. The third-order valence-corrected chi connectivity index (χ3v) is 5.71. The van der Waals surface area contributed by atoms with Gasteiger partial charge in [-0.25, -0.2) is 0 Å². The molecule has 1 aliphatic heterocycles. The average Bonchev–Trinajstić information content (AvgIpc) is 2.92. The number of hydrogen-bond acceptors (Lipinski definition) is 5. The summed E-state index contributed by atoms with van der Waals surface area (Å²) in [6, 6.07) is 29.7. The van der Waals surface area contributed by atoms with Crippen molar-refractivity contribution in [2.24, 2.45) is 0 Å². The van der Waals surface area contributed by atoms with E-state index in [9.17, 15) is 19.5 Å². The molecular weight excluding hydrogens is 464 g/mol. The number of carbonyl (C=O) groups is 3. The molecule has 0 saturated carbocycles. The third kappa shape index (κ3) is 7.74. The molecule has 0 amide bonds. The van der Waals surface area contributed by atoms with Gasteiger partial charge in [0.15, 0.2) is 11.6 Å². The molecule has 188 valence electrons. The van der Waals surface area contributed by atoms with E-state index in [4.69, 9.17) is 4.74 Å². The van der Waals surface area contributed by atoms with Crippen LogP contribution in [0.5, 0.6) is 11.5 Å². The molecule has 1 aliphatic rings. The first-order chi connectivity index (χ1) is 17.8. The Hall–Kier alpha value is -4.51. The number of hydrogen-bond donors (Lipinski definition) is 1. The highest BCUT2D eigenvalue weighted by Crippen LogP contribution is 2.35. The summed E-state index contributed by atoms with van der Waals surface area (Å²) >= 11 is 0. The maximum Gasteiger partial charge on any atom is 0.170 e. The molecule has 5 rings (SSSR count). The van der Waals surface area contributed by atoms with E-state index in [1.54, 1.807) is 24.3 Å². The molecule has 1 heterocycles. The van der Waals surface area contributed by atoms with Crippen molar-refractivity contribution in [2.75, 3.05) is 0 Å². The zero-order chi connectivity index (χ0) is 26.8. The Morgan fingerprint density at radius 2 is 1.46 bits per heavy atom. The van der Waals surface area contributed by atoms with Gasteiger partial charge in [-0.15, -0.1) is 0 Å². The van der Waals surface area contributed by atoms with Crippen molar-refractivity contribution in [1.82, 2.24) is 0 Å². The first-order valence-corrected chi connectivity index (χ1v) is 11.9. The highest BCUT2D eigenvalue weighted by molar-refractivity contribution is 6.00. The first kappa shape index (κ1) is 27.1. The van der Waals surface area contributed by atoms with Gasteiger partial charge in [-0.1, -0.05) is 83.9 Å². The van der Waals surface area contributed by atoms with Crippen LogP contribution in [0.2, 0.25) is 0 Å². The van der Waals surface area contributed by atoms with Crippen molar-refractivity contribution >= 4 is 17.9 Å². The Morgan fingerprint density at radius 1 is 0.865 bits per heavy atom. The lowest BCUT2D eigenvalue weighted by molar-refractivity contribution is 0.0849. The molecular formula is C32H30O5. The topological polar surface area (TPSA) is 80.7 Å². The number of Topliss-reactive ketones (excluding diaryl/α,β-unsaturated/α-hetero) is 2. The molecule has 0 aliphatic carbocycles.